The number of nitrogens with one attached hydrogen (secondary N) is 1. The number of nitrogens with zero attached hydrogens (tertiary/aromatic N) is 2. The zero-order valence-corrected chi connectivity index (χ0v) is 14.7. The summed E-state index contributed by atoms with van der Waals surface area (Å²) < 4.78 is 24.9. The first-order valence-electron chi connectivity index (χ1n) is 8.25. The monoisotopic (exact) mass is 367 g/mol. The maximum Gasteiger partial charge on any atom is 0.227 e. The summed E-state index contributed by atoms with van der Waals surface area (Å²) >= 11 is 0. The van der Waals surface area contributed by atoms with Crippen molar-refractivity contribution in [2.45, 2.75) is 6.42 Å². The molecule has 1 aromatic heterocycles. The molecule has 7 heteroatoms. The lowest BCUT2D eigenvalue weighted by atomic mass is 10.1. The predicted octanol–water partition coefficient (Wildman–Crippen LogP) is 2.91. The normalized spacial score (nSPS) is 18.2. The second-order valence-corrected chi connectivity index (χ2v) is 8.20. The number of imidazole rings is 1. The molecule has 6 nitrogen and oxygen atoms in total. The van der Waals surface area contributed by atoms with Crippen LogP contribution in [0.1, 0.15) is 6.42 Å². The first kappa shape index (κ1) is 16.5. The number of rotatable bonds is 4. The van der Waals surface area contributed by atoms with Gasteiger partial charge in [-0.3, -0.25) is 14.7 Å². The highest BCUT2D eigenvalue weighted by molar-refractivity contribution is 7.94. The number of fused-ring (bicyclic) bond motifs is 1. The van der Waals surface area contributed by atoms with Gasteiger partial charge in [0.25, 0.3) is 0 Å². The van der Waals surface area contributed by atoms with Crippen LogP contribution in [0.5, 0.6) is 0 Å². The Morgan fingerprint density at radius 2 is 1.85 bits per heavy atom. The van der Waals surface area contributed by atoms with E-state index in [4.69, 9.17) is 0 Å². The number of carbonyl (C=O) groups is 1. The fraction of sp³-hybridized carbons (Fsp3) is 0.158. The van der Waals surface area contributed by atoms with Gasteiger partial charge in [0.2, 0.25) is 11.9 Å². The number of allylic oxidation sites excluding steroid dienone is 1. The van der Waals surface area contributed by atoms with Gasteiger partial charge in [0.1, 0.15) is 0 Å². The number of benzene rings is 2. The summed E-state index contributed by atoms with van der Waals surface area (Å²) in [6.45, 7) is 0. The number of anilines is 1. The van der Waals surface area contributed by atoms with E-state index in [0.717, 1.165) is 16.7 Å². The van der Waals surface area contributed by atoms with Crippen molar-refractivity contribution in [3.8, 4) is 5.69 Å². The van der Waals surface area contributed by atoms with Crippen LogP contribution in [0.15, 0.2) is 66.1 Å². The molecule has 0 saturated heterocycles. The van der Waals surface area contributed by atoms with Gasteiger partial charge in [-0.05, 0) is 24.3 Å². The highest BCUT2D eigenvalue weighted by Gasteiger charge is 2.24. The fourth-order valence-electron chi connectivity index (χ4n) is 3.13. The van der Waals surface area contributed by atoms with Gasteiger partial charge < -0.3 is 0 Å². The Hall–Kier alpha value is -2.93. The third-order valence-corrected chi connectivity index (χ3v) is 5.74. The SMILES string of the molecule is O=C(C[C@H]1C=CS(=O)(=O)C1)Nc1nc2ccccc2n1-c1ccccc1. The minimum atomic E-state index is -3.17. The van der Waals surface area contributed by atoms with Crippen LogP contribution in [0.2, 0.25) is 0 Å². The Morgan fingerprint density at radius 3 is 2.58 bits per heavy atom. The second kappa shape index (κ2) is 6.42. The highest BCUT2D eigenvalue weighted by Crippen LogP contribution is 2.25. The summed E-state index contributed by atoms with van der Waals surface area (Å²) in [4.78, 5) is 17.0. The topological polar surface area (TPSA) is 81.1 Å². The molecular formula is C19H17N3O3S. The molecule has 1 atom stereocenters. The van der Waals surface area contributed by atoms with E-state index < -0.39 is 9.84 Å². The lowest BCUT2D eigenvalue weighted by molar-refractivity contribution is -0.116. The van der Waals surface area contributed by atoms with Gasteiger partial charge in [-0.1, -0.05) is 36.4 Å². The molecule has 0 spiro atoms. The van der Waals surface area contributed by atoms with E-state index in [0.29, 0.717) is 5.95 Å². The van der Waals surface area contributed by atoms with Gasteiger partial charge in [-0.2, -0.15) is 0 Å². The standard InChI is InChI=1S/C19H17N3O3S/c23-18(12-14-10-11-26(24,25)13-14)21-19-20-16-8-4-5-9-17(16)22(19)15-6-2-1-3-7-15/h1-11,14H,12-13H2,(H,20,21,23)/t14-/m1/s1. The average molecular weight is 367 g/mol. The Balaban J connectivity index is 1.64. The lowest BCUT2D eigenvalue weighted by Gasteiger charge is -2.11. The lowest BCUT2D eigenvalue weighted by Crippen LogP contribution is -2.19. The van der Waals surface area contributed by atoms with Crippen LogP contribution in [0.4, 0.5) is 5.95 Å². The first-order valence-corrected chi connectivity index (χ1v) is 9.97. The maximum atomic E-state index is 12.4. The molecular weight excluding hydrogens is 350 g/mol. The summed E-state index contributed by atoms with van der Waals surface area (Å²) in [5.74, 6) is -0.152. The first-order chi connectivity index (χ1) is 12.5. The van der Waals surface area contributed by atoms with Gasteiger partial charge in [0.05, 0.1) is 16.8 Å². The zero-order chi connectivity index (χ0) is 18.1. The summed E-state index contributed by atoms with van der Waals surface area (Å²) in [6.07, 6.45) is 1.68. The number of para-hydroxylation sites is 3. The van der Waals surface area contributed by atoms with Gasteiger partial charge in [-0.15, -0.1) is 0 Å². The maximum absolute atomic E-state index is 12.4. The van der Waals surface area contributed by atoms with Crippen molar-refractivity contribution in [3.05, 3.63) is 66.1 Å². The molecule has 0 unspecified atom stereocenters. The van der Waals surface area contributed by atoms with E-state index in [1.54, 1.807) is 6.08 Å². The molecule has 0 aliphatic carbocycles. The average Bonchev–Trinajstić information content (AvgIpc) is 3.14. The van der Waals surface area contributed by atoms with Gasteiger partial charge in [-0.25, -0.2) is 13.4 Å². The molecule has 2 heterocycles. The Labute approximate surface area is 151 Å². The summed E-state index contributed by atoms with van der Waals surface area (Å²) in [5.41, 5.74) is 2.55. The number of aromatic nitrogens is 2. The van der Waals surface area contributed by atoms with E-state index in [2.05, 4.69) is 10.3 Å². The molecule has 0 radical (unpaired) electrons. The molecule has 3 aromatic rings. The third kappa shape index (κ3) is 3.25. The van der Waals surface area contributed by atoms with Crippen molar-refractivity contribution in [3.63, 3.8) is 0 Å². The van der Waals surface area contributed by atoms with Crippen LogP contribution in [-0.4, -0.2) is 29.6 Å². The molecule has 1 aliphatic heterocycles. The van der Waals surface area contributed by atoms with Crippen molar-refractivity contribution >= 4 is 32.7 Å². The van der Waals surface area contributed by atoms with E-state index in [1.165, 1.54) is 5.41 Å². The largest absolute Gasteiger partial charge is 0.296 e. The van der Waals surface area contributed by atoms with E-state index in [9.17, 15) is 13.2 Å². The Kier molecular flexibility index (Phi) is 4.08. The van der Waals surface area contributed by atoms with Crippen molar-refractivity contribution in [2.75, 3.05) is 11.1 Å². The highest BCUT2D eigenvalue weighted by atomic mass is 32.2. The predicted molar refractivity (Wildman–Crippen MR) is 101 cm³/mol. The molecule has 1 aliphatic rings. The third-order valence-electron chi connectivity index (χ3n) is 4.28. The van der Waals surface area contributed by atoms with Crippen LogP contribution in [0.3, 0.4) is 0 Å². The number of hydrogen-bond donors (Lipinski definition) is 1. The summed E-state index contributed by atoms with van der Waals surface area (Å²) in [6, 6.07) is 17.3. The number of hydrogen-bond acceptors (Lipinski definition) is 4. The van der Waals surface area contributed by atoms with Crippen molar-refractivity contribution < 1.29 is 13.2 Å². The Bertz CT molecular complexity index is 1100. The molecule has 0 saturated carbocycles. The molecule has 1 amide bonds. The van der Waals surface area contributed by atoms with Gasteiger partial charge in [0.15, 0.2) is 9.84 Å². The molecule has 4 rings (SSSR count). The quantitative estimate of drug-likeness (QED) is 0.769. The zero-order valence-electron chi connectivity index (χ0n) is 13.9. The number of amides is 1. The Morgan fingerprint density at radius 1 is 1.12 bits per heavy atom. The van der Waals surface area contributed by atoms with Gasteiger partial charge in [0, 0.05) is 23.4 Å². The van der Waals surface area contributed by atoms with Crippen LogP contribution in [-0.2, 0) is 14.6 Å². The van der Waals surface area contributed by atoms with Crippen LogP contribution < -0.4 is 5.32 Å². The van der Waals surface area contributed by atoms with Crippen LogP contribution in [0.25, 0.3) is 16.7 Å². The van der Waals surface area contributed by atoms with E-state index >= 15 is 0 Å². The van der Waals surface area contributed by atoms with Crippen molar-refractivity contribution in [2.24, 2.45) is 5.92 Å². The van der Waals surface area contributed by atoms with Crippen molar-refractivity contribution in [1.82, 2.24) is 9.55 Å². The summed E-state index contributed by atoms with van der Waals surface area (Å²) in [7, 11) is -3.17. The molecule has 26 heavy (non-hydrogen) atoms. The van der Waals surface area contributed by atoms with E-state index in [-0.39, 0.29) is 24.0 Å². The minimum absolute atomic E-state index is 0.0183. The van der Waals surface area contributed by atoms with Gasteiger partial charge >= 0.3 is 0 Å². The van der Waals surface area contributed by atoms with Crippen molar-refractivity contribution in [1.29, 1.82) is 0 Å². The minimum Gasteiger partial charge on any atom is -0.296 e. The molecule has 1 N–H and O–H groups in total. The smallest absolute Gasteiger partial charge is 0.227 e. The fourth-order valence-corrected chi connectivity index (χ4v) is 4.53. The second-order valence-electron chi connectivity index (χ2n) is 6.27. The number of carbonyl (C=O) groups excluding carboxylic acids is 1. The molecule has 0 fully saturated rings. The van der Waals surface area contributed by atoms with E-state index in [1.807, 2.05) is 59.2 Å². The summed E-state index contributed by atoms with van der Waals surface area (Å²) in [5, 5.41) is 4.02. The van der Waals surface area contributed by atoms with Crippen LogP contribution >= 0.6 is 0 Å². The molecule has 0 bridgehead atoms. The molecule has 2 aromatic carbocycles. The molecule has 132 valence electrons. The number of sulfone groups is 1. The van der Waals surface area contributed by atoms with Crippen LogP contribution in [0, 0.1) is 5.92 Å².